The van der Waals surface area contributed by atoms with E-state index in [2.05, 4.69) is 10.3 Å². The zero-order valence-corrected chi connectivity index (χ0v) is 22.7. The molecule has 39 heavy (non-hydrogen) atoms. The second-order valence-electron chi connectivity index (χ2n) is 8.40. The van der Waals surface area contributed by atoms with Crippen LogP contribution >= 0.6 is 11.3 Å². The third kappa shape index (κ3) is 5.94. The van der Waals surface area contributed by atoms with E-state index in [-0.39, 0.29) is 19.9 Å². The molecule has 13 heteroatoms. The van der Waals surface area contributed by atoms with Gasteiger partial charge < -0.3 is 4.74 Å². The number of amides is 1. The topological polar surface area (TPSA) is 158 Å². The van der Waals surface area contributed by atoms with Gasteiger partial charge in [-0.15, -0.1) is 0 Å². The number of nitrogens with one attached hydrogen (secondary N) is 1. The maximum atomic E-state index is 13.1. The molecule has 1 N–H and O–H groups in total. The van der Waals surface area contributed by atoms with Crippen molar-refractivity contribution in [3.05, 3.63) is 81.7 Å². The number of pyridine rings is 1. The van der Waals surface area contributed by atoms with E-state index in [0.717, 1.165) is 48.1 Å². The molecule has 11 nitrogen and oxygen atoms in total. The van der Waals surface area contributed by atoms with E-state index >= 15 is 0 Å². The fourth-order valence-corrected chi connectivity index (χ4v) is 6.47. The van der Waals surface area contributed by atoms with Crippen LogP contribution in [0.15, 0.2) is 63.8 Å². The summed E-state index contributed by atoms with van der Waals surface area (Å²) in [6, 6.07) is 11.7. The number of aromatic nitrogens is 2. The van der Waals surface area contributed by atoms with Crippen molar-refractivity contribution in [2.45, 2.75) is 42.2 Å². The first-order valence-corrected chi connectivity index (χ1v) is 14.3. The second kappa shape index (κ2) is 11.7. The number of non-ortho nitro benzene ring substituents is 1. The van der Waals surface area contributed by atoms with Crippen LogP contribution < -0.4 is 5.32 Å². The number of carbonyl (C=O) groups is 2. The summed E-state index contributed by atoms with van der Waals surface area (Å²) in [5.41, 5.74) is 2.40. The Kier molecular flexibility index (Phi) is 8.31. The third-order valence-corrected chi connectivity index (χ3v) is 8.95. The van der Waals surface area contributed by atoms with Gasteiger partial charge in [-0.25, -0.2) is 18.2 Å². The summed E-state index contributed by atoms with van der Waals surface area (Å²) in [4.78, 5) is 44.3. The maximum absolute atomic E-state index is 13.1. The van der Waals surface area contributed by atoms with Crippen LogP contribution in [0.4, 0.5) is 10.8 Å². The summed E-state index contributed by atoms with van der Waals surface area (Å²) in [5.74, 6) is -1.35. The van der Waals surface area contributed by atoms with Crippen molar-refractivity contribution in [1.29, 1.82) is 0 Å². The number of nitro groups is 1. The fraction of sp³-hybridized carbons (Fsp3) is 0.231. The van der Waals surface area contributed by atoms with Crippen molar-refractivity contribution in [3.63, 3.8) is 0 Å². The van der Waals surface area contributed by atoms with Crippen molar-refractivity contribution in [3.8, 4) is 0 Å². The number of hydrogen-bond donors (Lipinski definition) is 1. The van der Waals surface area contributed by atoms with E-state index in [1.165, 1.54) is 0 Å². The SMILES string of the molecule is CCCc1nc2ccccc2c(C(=O)OCC(=O)Nc2ncc(S(=O)(=O)c3ccc([N+](=O)[O-])cc3)s2)c1CC. The number of nitro benzene ring substituents is 1. The highest BCUT2D eigenvalue weighted by atomic mass is 32.2. The highest BCUT2D eigenvalue weighted by molar-refractivity contribution is 7.93. The molecular weight excluding hydrogens is 544 g/mol. The van der Waals surface area contributed by atoms with Gasteiger partial charge in [0.25, 0.3) is 11.6 Å². The normalized spacial score (nSPS) is 11.3. The predicted octanol–water partition coefficient (Wildman–Crippen LogP) is 4.74. The highest BCUT2D eigenvalue weighted by Crippen LogP contribution is 2.30. The Morgan fingerprint density at radius 2 is 1.82 bits per heavy atom. The van der Waals surface area contributed by atoms with Crippen molar-refractivity contribution in [2.75, 3.05) is 11.9 Å². The number of esters is 1. The van der Waals surface area contributed by atoms with Gasteiger partial charge in [0.05, 0.1) is 27.1 Å². The molecule has 202 valence electrons. The summed E-state index contributed by atoms with van der Waals surface area (Å²) >= 11 is 0.706. The van der Waals surface area contributed by atoms with Gasteiger partial charge in [0.2, 0.25) is 9.84 Å². The summed E-state index contributed by atoms with van der Waals surface area (Å²) in [7, 11) is -4.00. The lowest BCUT2D eigenvalue weighted by Crippen LogP contribution is -2.22. The minimum atomic E-state index is -4.00. The van der Waals surface area contributed by atoms with Gasteiger partial charge in [-0.05, 0) is 36.6 Å². The smallest absolute Gasteiger partial charge is 0.339 e. The number of carbonyl (C=O) groups excluding carboxylic acids is 2. The van der Waals surface area contributed by atoms with Crippen molar-refractivity contribution in [1.82, 2.24) is 9.97 Å². The molecule has 0 bridgehead atoms. The minimum absolute atomic E-state index is 0.00891. The summed E-state index contributed by atoms with van der Waals surface area (Å²) in [5, 5.41) is 13.9. The summed E-state index contributed by atoms with van der Waals surface area (Å²) in [6.45, 7) is 3.35. The van der Waals surface area contributed by atoms with E-state index < -0.39 is 33.2 Å². The molecule has 0 aliphatic heterocycles. The monoisotopic (exact) mass is 568 g/mol. The number of para-hydroxylation sites is 1. The molecular formula is C26H24N4O7S2. The van der Waals surface area contributed by atoms with E-state index in [0.29, 0.717) is 40.6 Å². The molecule has 2 aromatic carbocycles. The van der Waals surface area contributed by atoms with Gasteiger partial charge >= 0.3 is 5.97 Å². The molecule has 0 aliphatic rings. The second-order valence-corrected chi connectivity index (χ2v) is 11.6. The lowest BCUT2D eigenvalue weighted by atomic mass is 9.96. The minimum Gasteiger partial charge on any atom is -0.452 e. The van der Waals surface area contributed by atoms with Crippen LogP contribution in [0.3, 0.4) is 0 Å². The van der Waals surface area contributed by atoms with Crippen LogP contribution in [0.5, 0.6) is 0 Å². The highest BCUT2D eigenvalue weighted by Gasteiger charge is 2.24. The van der Waals surface area contributed by atoms with Gasteiger partial charge in [0.1, 0.15) is 4.21 Å². The Bertz CT molecular complexity index is 1670. The lowest BCUT2D eigenvalue weighted by Gasteiger charge is -2.15. The number of aryl methyl sites for hydroxylation is 1. The van der Waals surface area contributed by atoms with Crippen LogP contribution in [-0.4, -0.2) is 41.8 Å². The molecule has 0 radical (unpaired) electrons. The molecule has 4 aromatic rings. The van der Waals surface area contributed by atoms with Gasteiger partial charge in [-0.1, -0.05) is 49.8 Å². The predicted molar refractivity (Wildman–Crippen MR) is 145 cm³/mol. The fourth-order valence-electron chi connectivity index (χ4n) is 4.02. The van der Waals surface area contributed by atoms with E-state index in [1.54, 1.807) is 12.1 Å². The number of hydrogen-bond acceptors (Lipinski definition) is 10. The number of nitrogens with zero attached hydrogens (tertiary/aromatic N) is 3. The average Bonchev–Trinajstić information content (AvgIpc) is 3.40. The van der Waals surface area contributed by atoms with Crippen LogP contribution in [0.1, 0.15) is 41.9 Å². The van der Waals surface area contributed by atoms with E-state index in [1.807, 2.05) is 26.0 Å². The standard InChI is InChI=1S/C26H24N4O7S2/c1-3-7-20-18(4-2)24(19-8-5-6-9-21(19)28-20)25(32)37-15-22(31)29-26-27-14-23(38-26)39(35,36)17-12-10-16(11-13-17)30(33)34/h5-6,8-14H,3-4,7,15H2,1-2H3,(H,27,29,31). The third-order valence-electron chi connectivity index (χ3n) is 5.81. The molecule has 0 aliphatic carbocycles. The number of sulfone groups is 1. The van der Waals surface area contributed by atoms with Crippen molar-refractivity contribution < 1.29 is 27.7 Å². The quantitative estimate of drug-likeness (QED) is 0.162. The van der Waals surface area contributed by atoms with Crippen LogP contribution in [0, 0.1) is 10.1 Å². The number of rotatable bonds is 10. The zero-order valence-electron chi connectivity index (χ0n) is 21.0. The zero-order chi connectivity index (χ0) is 28.2. The largest absolute Gasteiger partial charge is 0.452 e. The van der Waals surface area contributed by atoms with Gasteiger partial charge in [0, 0.05) is 23.2 Å². The Hall–Kier alpha value is -4.23. The van der Waals surface area contributed by atoms with Crippen LogP contribution in [0.25, 0.3) is 10.9 Å². The number of anilines is 1. The molecule has 0 fully saturated rings. The molecule has 0 saturated carbocycles. The first-order chi connectivity index (χ1) is 18.6. The number of fused-ring (bicyclic) bond motifs is 1. The van der Waals surface area contributed by atoms with Gasteiger partial charge in [-0.2, -0.15) is 0 Å². The molecule has 0 unspecified atom stereocenters. The van der Waals surface area contributed by atoms with Crippen LogP contribution in [-0.2, 0) is 32.2 Å². The molecule has 1 amide bonds. The molecule has 2 heterocycles. The average molecular weight is 569 g/mol. The van der Waals surface area contributed by atoms with Gasteiger partial charge in [0.15, 0.2) is 11.7 Å². The van der Waals surface area contributed by atoms with E-state index in [9.17, 15) is 28.1 Å². The Labute approximate surface area is 227 Å². The Morgan fingerprint density at radius 3 is 2.49 bits per heavy atom. The molecule has 2 aromatic heterocycles. The molecule has 0 spiro atoms. The molecule has 0 saturated heterocycles. The maximum Gasteiger partial charge on any atom is 0.339 e. The Morgan fingerprint density at radius 1 is 1.10 bits per heavy atom. The first-order valence-electron chi connectivity index (χ1n) is 12.0. The number of ether oxygens (including phenoxy) is 1. The van der Waals surface area contributed by atoms with Gasteiger partial charge in [-0.3, -0.25) is 25.2 Å². The van der Waals surface area contributed by atoms with E-state index in [4.69, 9.17) is 9.72 Å². The number of benzene rings is 2. The first kappa shape index (κ1) is 27.8. The van der Waals surface area contributed by atoms with Crippen LogP contribution in [0.2, 0.25) is 0 Å². The van der Waals surface area contributed by atoms with Crippen molar-refractivity contribution in [2.24, 2.45) is 0 Å². The Balaban J connectivity index is 1.47. The number of thiazole rings is 1. The van der Waals surface area contributed by atoms with Crippen molar-refractivity contribution >= 4 is 54.8 Å². The lowest BCUT2D eigenvalue weighted by molar-refractivity contribution is -0.384. The summed E-state index contributed by atoms with van der Waals surface area (Å²) < 4.78 is 30.9. The molecule has 4 rings (SSSR count). The molecule has 0 atom stereocenters. The summed E-state index contributed by atoms with van der Waals surface area (Å²) in [6.07, 6.45) is 3.19.